The highest BCUT2D eigenvalue weighted by atomic mass is 19.1. The van der Waals surface area contributed by atoms with Gasteiger partial charge in [-0.25, -0.2) is 9.37 Å². The van der Waals surface area contributed by atoms with Gasteiger partial charge >= 0.3 is 0 Å². The van der Waals surface area contributed by atoms with Crippen LogP contribution in [0.4, 0.5) is 4.39 Å². The molecule has 1 N–H and O–H groups in total. The molecule has 1 atom stereocenters. The van der Waals surface area contributed by atoms with Gasteiger partial charge in [0, 0.05) is 36.7 Å². The minimum Gasteiger partial charge on any atom is -0.495 e. The normalized spacial score (nSPS) is 16.0. The number of benzene rings is 2. The third-order valence-electron chi connectivity index (χ3n) is 6.14. The molecule has 34 heavy (non-hydrogen) atoms. The van der Waals surface area contributed by atoms with E-state index in [4.69, 9.17) is 14.5 Å². The first kappa shape index (κ1) is 21.9. The van der Waals surface area contributed by atoms with Gasteiger partial charge in [-0.1, -0.05) is 24.3 Å². The fraction of sp³-hybridized carbons (Fsp3) is 0.231. The van der Waals surface area contributed by atoms with Gasteiger partial charge < -0.3 is 19.7 Å². The highest BCUT2D eigenvalue weighted by Crippen LogP contribution is 2.43. The quantitative estimate of drug-likeness (QED) is 0.433. The molecule has 7 nitrogen and oxygen atoms in total. The fourth-order valence-electron chi connectivity index (χ4n) is 4.40. The molecular weight excluding hydrogens is 435 g/mol. The number of para-hydroxylation sites is 1. The first-order chi connectivity index (χ1) is 16.6. The van der Waals surface area contributed by atoms with Gasteiger partial charge in [0.1, 0.15) is 23.0 Å². The Labute approximate surface area is 196 Å². The summed E-state index contributed by atoms with van der Waals surface area (Å²) in [6, 6.07) is 15.8. The predicted octanol–water partition coefficient (Wildman–Crippen LogP) is 4.38. The summed E-state index contributed by atoms with van der Waals surface area (Å²) in [6.45, 7) is 3.67. The topological polar surface area (TPSA) is 68.6 Å². The molecule has 2 aromatic carbocycles. The number of ether oxygens (including phenoxy) is 2. The van der Waals surface area contributed by atoms with Crippen LogP contribution in [0.25, 0.3) is 16.7 Å². The van der Waals surface area contributed by atoms with Crippen LogP contribution in [0.2, 0.25) is 0 Å². The van der Waals surface area contributed by atoms with Gasteiger partial charge in [0.05, 0.1) is 25.0 Å². The molecule has 1 aliphatic heterocycles. The first-order valence-electron chi connectivity index (χ1n) is 11.1. The van der Waals surface area contributed by atoms with Gasteiger partial charge in [0.15, 0.2) is 0 Å². The number of hydrogen-bond acceptors (Lipinski definition) is 5. The zero-order chi connectivity index (χ0) is 23.7. The number of halogens is 1. The molecule has 5 rings (SSSR count). The van der Waals surface area contributed by atoms with Crippen LogP contribution in [-0.2, 0) is 4.79 Å². The number of piperazine rings is 1. The third-order valence-corrected chi connectivity index (χ3v) is 6.14. The monoisotopic (exact) mass is 460 g/mol. The van der Waals surface area contributed by atoms with Gasteiger partial charge in [-0.2, -0.15) is 0 Å². The molecule has 1 amide bonds. The Kier molecular flexibility index (Phi) is 5.90. The number of aryl methyl sites for hydroxylation is 1. The lowest BCUT2D eigenvalue weighted by molar-refractivity contribution is -0.121. The largest absolute Gasteiger partial charge is 0.495 e. The van der Waals surface area contributed by atoms with Crippen LogP contribution in [-0.4, -0.2) is 47.6 Å². The number of carbonyl (C=O) groups excluding carboxylic acids is 1. The number of fused-ring (bicyclic) bond motifs is 1. The Morgan fingerprint density at radius 1 is 1.18 bits per heavy atom. The zero-order valence-corrected chi connectivity index (χ0v) is 19.0. The molecule has 174 valence electrons. The molecule has 0 saturated carbocycles. The van der Waals surface area contributed by atoms with Crippen molar-refractivity contribution < 1.29 is 18.7 Å². The van der Waals surface area contributed by atoms with Crippen molar-refractivity contribution in [1.82, 2.24) is 19.8 Å². The minimum absolute atomic E-state index is 0.309. The number of hydrogen-bond donors (Lipinski definition) is 1. The van der Waals surface area contributed by atoms with Crippen molar-refractivity contribution in [2.45, 2.75) is 13.0 Å². The Morgan fingerprint density at radius 3 is 2.76 bits per heavy atom. The number of carbonyl (C=O) groups is 1. The molecular formula is C26H25FN4O3. The summed E-state index contributed by atoms with van der Waals surface area (Å²) in [6.07, 6.45) is 2.52. The third kappa shape index (κ3) is 3.86. The van der Waals surface area contributed by atoms with Crippen molar-refractivity contribution in [2.24, 2.45) is 0 Å². The van der Waals surface area contributed by atoms with Gasteiger partial charge in [-0.3, -0.25) is 9.36 Å². The van der Waals surface area contributed by atoms with E-state index in [9.17, 15) is 9.18 Å². The Bertz CT molecular complexity index is 1340. The number of rotatable bonds is 6. The summed E-state index contributed by atoms with van der Waals surface area (Å²) in [5, 5.41) is 4.17. The first-order valence-corrected chi connectivity index (χ1v) is 11.1. The number of methoxy groups -OCH3 is 1. The molecule has 0 radical (unpaired) electrons. The summed E-state index contributed by atoms with van der Waals surface area (Å²) >= 11 is 0. The van der Waals surface area contributed by atoms with Crippen LogP contribution >= 0.6 is 0 Å². The Morgan fingerprint density at radius 2 is 2.00 bits per heavy atom. The minimum atomic E-state index is -0.391. The number of amides is 1. The van der Waals surface area contributed by atoms with E-state index in [-0.39, 0.29) is 6.04 Å². The van der Waals surface area contributed by atoms with E-state index >= 15 is 0 Å². The maximum atomic E-state index is 14.2. The molecule has 8 heteroatoms. The van der Waals surface area contributed by atoms with Crippen molar-refractivity contribution in [3.05, 3.63) is 77.7 Å². The molecule has 0 bridgehead atoms. The lowest BCUT2D eigenvalue weighted by Gasteiger charge is -2.33. The van der Waals surface area contributed by atoms with Crippen LogP contribution in [0.3, 0.4) is 0 Å². The van der Waals surface area contributed by atoms with E-state index < -0.39 is 5.82 Å². The zero-order valence-electron chi connectivity index (χ0n) is 19.0. The Balaban J connectivity index is 1.83. The summed E-state index contributed by atoms with van der Waals surface area (Å²) in [7, 11) is 1.59. The van der Waals surface area contributed by atoms with Crippen LogP contribution in [0.15, 0.2) is 60.8 Å². The second kappa shape index (κ2) is 9.15. The van der Waals surface area contributed by atoms with Crippen molar-refractivity contribution in [3.63, 3.8) is 0 Å². The lowest BCUT2D eigenvalue weighted by Crippen LogP contribution is -2.45. The number of pyridine rings is 1. The van der Waals surface area contributed by atoms with E-state index in [0.29, 0.717) is 42.7 Å². The average Bonchev–Trinajstić information content (AvgIpc) is 3.19. The van der Waals surface area contributed by atoms with Crippen LogP contribution in [0, 0.1) is 12.7 Å². The molecule has 1 saturated heterocycles. The number of aromatic nitrogens is 2. The van der Waals surface area contributed by atoms with Crippen molar-refractivity contribution >= 4 is 17.4 Å². The summed E-state index contributed by atoms with van der Waals surface area (Å²) < 4.78 is 28.0. The lowest BCUT2D eigenvalue weighted by atomic mass is 10.0. The van der Waals surface area contributed by atoms with Crippen LogP contribution < -0.4 is 14.8 Å². The van der Waals surface area contributed by atoms with E-state index in [2.05, 4.69) is 5.32 Å². The molecule has 1 fully saturated rings. The molecule has 0 aliphatic carbocycles. The molecule has 1 unspecified atom stereocenters. The summed E-state index contributed by atoms with van der Waals surface area (Å²) in [5.41, 5.74) is 3.06. The molecule has 0 spiro atoms. The SMILES string of the molecule is COc1cnc2c(c1)c(C1CNCCN1C=O)c(Oc1cc(F)ccc1C)n2-c1ccccc1. The van der Waals surface area contributed by atoms with Crippen molar-refractivity contribution in [1.29, 1.82) is 0 Å². The second-order valence-electron chi connectivity index (χ2n) is 8.21. The highest BCUT2D eigenvalue weighted by molar-refractivity contribution is 5.88. The van der Waals surface area contributed by atoms with Gasteiger partial charge in [-0.05, 0) is 36.8 Å². The standard InChI is InChI=1S/C26H25FN4O3/c1-17-8-9-18(27)12-23(17)34-26-24(22-15-28-10-11-30(22)16-32)21-13-20(33-2)14-29-25(21)31(26)19-6-4-3-5-7-19/h3-9,12-14,16,22,28H,10-11,15H2,1-2H3. The van der Waals surface area contributed by atoms with Gasteiger partial charge in [0.25, 0.3) is 0 Å². The number of nitrogens with zero attached hydrogens (tertiary/aromatic N) is 3. The van der Waals surface area contributed by atoms with Crippen LogP contribution in [0.5, 0.6) is 17.4 Å². The Hall–Kier alpha value is -3.91. The highest BCUT2D eigenvalue weighted by Gasteiger charge is 2.33. The predicted molar refractivity (Wildman–Crippen MR) is 127 cm³/mol. The van der Waals surface area contributed by atoms with Crippen LogP contribution in [0.1, 0.15) is 17.2 Å². The van der Waals surface area contributed by atoms with E-state index in [1.807, 2.05) is 47.9 Å². The number of nitrogens with one attached hydrogen (secondary N) is 1. The summed E-state index contributed by atoms with van der Waals surface area (Å²) in [5.74, 6) is 1.08. The van der Waals surface area contributed by atoms with Gasteiger partial charge in [-0.15, -0.1) is 0 Å². The fourth-order valence-corrected chi connectivity index (χ4v) is 4.40. The van der Waals surface area contributed by atoms with Gasteiger partial charge in [0.2, 0.25) is 12.3 Å². The maximum absolute atomic E-state index is 14.2. The smallest absolute Gasteiger partial charge is 0.212 e. The van der Waals surface area contributed by atoms with E-state index in [1.165, 1.54) is 12.1 Å². The van der Waals surface area contributed by atoms with Crippen molar-refractivity contribution in [3.8, 4) is 23.1 Å². The maximum Gasteiger partial charge on any atom is 0.212 e. The molecule has 4 aromatic rings. The van der Waals surface area contributed by atoms with E-state index in [0.717, 1.165) is 28.6 Å². The average molecular weight is 461 g/mol. The second-order valence-corrected chi connectivity index (χ2v) is 8.21. The molecule has 2 aromatic heterocycles. The van der Waals surface area contributed by atoms with Crippen molar-refractivity contribution in [2.75, 3.05) is 26.7 Å². The summed E-state index contributed by atoms with van der Waals surface area (Å²) in [4.78, 5) is 18.5. The van der Waals surface area contributed by atoms with E-state index in [1.54, 1.807) is 24.3 Å². The molecule has 3 heterocycles. The molecule has 1 aliphatic rings.